The van der Waals surface area contributed by atoms with Crippen molar-refractivity contribution in [1.82, 2.24) is 25.3 Å². The van der Waals surface area contributed by atoms with E-state index >= 15 is 0 Å². The Hall–Kier alpha value is -2.73. The molecule has 2 aromatic heterocycles. The Morgan fingerprint density at radius 1 is 1.23 bits per heavy atom. The molecular formula is C19H20ClN5O. The highest BCUT2D eigenvalue weighted by Crippen LogP contribution is 2.25. The van der Waals surface area contributed by atoms with Crippen LogP contribution in [0, 0.1) is 5.92 Å². The van der Waals surface area contributed by atoms with Crippen LogP contribution in [0.15, 0.2) is 48.8 Å². The lowest BCUT2D eigenvalue weighted by Gasteiger charge is -2.09. The van der Waals surface area contributed by atoms with Crippen molar-refractivity contribution in [3.8, 4) is 16.9 Å². The smallest absolute Gasteiger partial charge is 0.274 e. The zero-order valence-corrected chi connectivity index (χ0v) is 15.4. The fourth-order valence-corrected chi connectivity index (χ4v) is 2.64. The van der Waals surface area contributed by atoms with Crippen molar-refractivity contribution in [2.24, 2.45) is 5.92 Å². The molecule has 0 fully saturated rings. The zero-order chi connectivity index (χ0) is 18.5. The summed E-state index contributed by atoms with van der Waals surface area (Å²) in [5.74, 6) is 0.266. The molecule has 6 nitrogen and oxygen atoms in total. The molecule has 2 heterocycles. The minimum Gasteiger partial charge on any atom is -0.351 e. The Morgan fingerprint density at radius 2 is 2.00 bits per heavy atom. The number of hydrogen-bond donors (Lipinski definition) is 1. The number of halogens is 1. The first-order valence-electron chi connectivity index (χ1n) is 8.46. The van der Waals surface area contributed by atoms with Crippen LogP contribution in [-0.2, 0) is 0 Å². The van der Waals surface area contributed by atoms with E-state index < -0.39 is 0 Å². The lowest BCUT2D eigenvalue weighted by atomic mass is 10.1. The molecule has 0 radical (unpaired) electrons. The highest BCUT2D eigenvalue weighted by atomic mass is 35.5. The van der Waals surface area contributed by atoms with Gasteiger partial charge in [0.25, 0.3) is 5.91 Å². The zero-order valence-electron chi connectivity index (χ0n) is 14.7. The summed E-state index contributed by atoms with van der Waals surface area (Å²) in [7, 11) is 0. The monoisotopic (exact) mass is 369 g/mol. The molecule has 26 heavy (non-hydrogen) atoms. The summed E-state index contributed by atoms with van der Waals surface area (Å²) in [6, 6.07) is 10.9. The van der Waals surface area contributed by atoms with Crippen LogP contribution in [0.3, 0.4) is 0 Å². The summed E-state index contributed by atoms with van der Waals surface area (Å²) in [5.41, 5.74) is 2.41. The van der Waals surface area contributed by atoms with E-state index in [0.29, 0.717) is 23.2 Å². The average molecular weight is 370 g/mol. The lowest BCUT2D eigenvalue weighted by molar-refractivity contribution is 0.0947. The number of pyridine rings is 1. The quantitative estimate of drug-likeness (QED) is 0.718. The molecule has 7 heteroatoms. The normalized spacial score (nSPS) is 10.9. The molecule has 0 spiro atoms. The third-order valence-corrected chi connectivity index (χ3v) is 4.15. The molecule has 0 aliphatic carbocycles. The molecular weight excluding hydrogens is 350 g/mol. The summed E-state index contributed by atoms with van der Waals surface area (Å²) in [4.78, 5) is 16.8. The number of benzene rings is 1. The number of hydrogen-bond acceptors (Lipinski definition) is 4. The largest absolute Gasteiger partial charge is 0.351 e. The second-order valence-electron chi connectivity index (χ2n) is 6.35. The third-order valence-electron chi connectivity index (χ3n) is 3.90. The van der Waals surface area contributed by atoms with Crippen LogP contribution in [0.2, 0.25) is 5.02 Å². The van der Waals surface area contributed by atoms with Gasteiger partial charge in [0.1, 0.15) is 5.69 Å². The Kier molecular flexibility index (Phi) is 5.63. The van der Waals surface area contributed by atoms with E-state index in [1.807, 2.05) is 24.3 Å². The second-order valence-corrected chi connectivity index (χ2v) is 6.79. The highest BCUT2D eigenvalue weighted by molar-refractivity contribution is 6.30. The minimum absolute atomic E-state index is 0.246. The molecule has 0 aliphatic heterocycles. The van der Waals surface area contributed by atoms with E-state index in [1.165, 1.54) is 0 Å². The molecule has 1 amide bonds. The Bertz CT molecular complexity index is 875. The molecule has 0 saturated heterocycles. The summed E-state index contributed by atoms with van der Waals surface area (Å²) in [5, 5.41) is 11.9. The van der Waals surface area contributed by atoms with Gasteiger partial charge in [0.15, 0.2) is 5.69 Å². The van der Waals surface area contributed by atoms with Crippen LogP contribution in [0.25, 0.3) is 16.9 Å². The van der Waals surface area contributed by atoms with Crippen LogP contribution < -0.4 is 5.32 Å². The summed E-state index contributed by atoms with van der Waals surface area (Å²) in [6.45, 7) is 4.82. The SMILES string of the molecule is CC(C)CCNC(=O)c1nnn(-c2ccc(Cl)cc2)c1-c1cccnc1. The maximum absolute atomic E-state index is 12.7. The maximum atomic E-state index is 12.7. The predicted octanol–water partition coefficient (Wildman–Crippen LogP) is 3.76. The van der Waals surface area contributed by atoms with Crippen LogP contribution in [0.5, 0.6) is 0 Å². The van der Waals surface area contributed by atoms with Crippen molar-refractivity contribution in [2.75, 3.05) is 6.54 Å². The average Bonchev–Trinajstić information content (AvgIpc) is 3.08. The number of nitrogens with zero attached hydrogens (tertiary/aromatic N) is 4. The summed E-state index contributed by atoms with van der Waals surface area (Å²) < 4.78 is 1.63. The summed E-state index contributed by atoms with van der Waals surface area (Å²) in [6.07, 6.45) is 4.28. The summed E-state index contributed by atoms with van der Waals surface area (Å²) >= 11 is 5.97. The fourth-order valence-electron chi connectivity index (χ4n) is 2.52. The van der Waals surface area contributed by atoms with Crippen LogP contribution in [-0.4, -0.2) is 32.4 Å². The fraction of sp³-hybridized carbons (Fsp3) is 0.263. The van der Waals surface area contributed by atoms with Crippen molar-refractivity contribution < 1.29 is 4.79 Å². The number of nitrogens with one attached hydrogen (secondary N) is 1. The Morgan fingerprint density at radius 3 is 2.65 bits per heavy atom. The van der Waals surface area contributed by atoms with Gasteiger partial charge in [0.05, 0.1) is 5.69 Å². The van der Waals surface area contributed by atoms with E-state index in [4.69, 9.17) is 11.6 Å². The molecule has 0 atom stereocenters. The van der Waals surface area contributed by atoms with Gasteiger partial charge in [0.2, 0.25) is 0 Å². The van der Waals surface area contributed by atoms with Gasteiger partial charge < -0.3 is 5.32 Å². The van der Waals surface area contributed by atoms with Crippen molar-refractivity contribution in [3.05, 3.63) is 59.5 Å². The van der Waals surface area contributed by atoms with Gasteiger partial charge in [-0.25, -0.2) is 4.68 Å². The van der Waals surface area contributed by atoms with Crippen LogP contribution in [0.4, 0.5) is 0 Å². The van der Waals surface area contributed by atoms with Crippen molar-refractivity contribution in [2.45, 2.75) is 20.3 Å². The number of amides is 1. The molecule has 0 saturated carbocycles. The van der Waals surface area contributed by atoms with Gasteiger partial charge in [-0.15, -0.1) is 5.10 Å². The molecule has 1 aromatic carbocycles. The van der Waals surface area contributed by atoms with Gasteiger partial charge >= 0.3 is 0 Å². The lowest BCUT2D eigenvalue weighted by Crippen LogP contribution is -2.26. The van der Waals surface area contributed by atoms with Gasteiger partial charge in [-0.05, 0) is 48.7 Å². The van der Waals surface area contributed by atoms with Crippen molar-refractivity contribution in [3.63, 3.8) is 0 Å². The van der Waals surface area contributed by atoms with E-state index in [2.05, 4.69) is 34.5 Å². The van der Waals surface area contributed by atoms with Crippen molar-refractivity contribution >= 4 is 17.5 Å². The first-order valence-corrected chi connectivity index (χ1v) is 8.84. The first kappa shape index (κ1) is 18.1. The Balaban J connectivity index is 2.00. The number of rotatable bonds is 6. The molecule has 0 aliphatic rings. The predicted molar refractivity (Wildman–Crippen MR) is 101 cm³/mol. The number of carbonyl (C=O) groups is 1. The number of carbonyl (C=O) groups excluding carboxylic acids is 1. The third kappa shape index (κ3) is 4.08. The van der Waals surface area contributed by atoms with Gasteiger partial charge in [-0.3, -0.25) is 9.78 Å². The number of aromatic nitrogens is 4. The van der Waals surface area contributed by atoms with E-state index in [-0.39, 0.29) is 11.6 Å². The topological polar surface area (TPSA) is 72.7 Å². The van der Waals surface area contributed by atoms with Gasteiger partial charge in [-0.1, -0.05) is 30.7 Å². The molecule has 0 unspecified atom stereocenters. The second kappa shape index (κ2) is 8.10. The van der Waals surface area contributed by atoms with Gasteiger partial charge in [0, 0.05) is 29.5 Å². The molecule has 1 N–H and O–H groups in total. The van der Waals surface area contributed by atoms with E-state index in [1.54, 1.807) is 29.2 Å². The van der Waals surface area contributed by atoms with Crippen LogP contribution in [0.1, 0.15) is 30.8 Å². The molecule has 0 bridgehead atoms. The van der Waals surface area contributed by atoms with E-state index in [0.717, 1.165) is 17.7 Å². The molecule has 134 valence electrons. The minimum atomic E-state index is -0.246. The van der Waals surface area contributed by atoms with Crippen LogP contribution >= 0.6 is 11.6 Å². The Labute approximate surface area is 157 Å². The highest BCUT2D eigenvalue weighted by Gasteiger charge is 2.22. The van der Waals surface area contributed by atoms with E-state index in [9.17, 15) is 4.79 Å². The molecule has 3 aromatic rings. The van der Waals surface area contributed by atoms with Gasteiger partial charge in [-0.2, -0.15) is 0 Å². The standard InChI is InChI=1S/C19H20ClN5O/c1-13(2)9-11-22-19(26)17-18(14-4-3-10-21-12-14)25(24-23-17)16-7-5-15(20)6-8-16/h3-8,10,12-13H,9,11H2,1-2H3,(H,22,26). The molecule has 3 rings (SSSR count). The van der Waals surface area contributed by atoms with Crippen molar-refractivity contribution in [1.29, 1.82) is 0 Å². The maximum Gasteiger partial charge on any atom is 0.274 e. The first-order chi connectivity index (χ1) is 12.6.